The molecule has 2 N–H and O–H groups in total. The fraction of sp³-hybridized carbons (Fsp3) is 0.727. The van der Waals surface area contributed by atoms with Crippen molar-refractivity contribution in [3.8, 4) is 0 Å². The molecule has 1 aliphatic heterocycles. The Bertz CT molecular complexity index is 387. The van der Waals surface area contributed by atoms with E-state index in [0.29, 0.717) is 12.7 Å². The summed E-state index contributed by atoms with van der Waals surface area (Å²) in [5, 5.41) is 3.80. The lowest BCUT2D eigenvalue weighted by atomic mass is 10.1. The van der Waals surface area contributed by atoms with Gasteiger partial charge in [-0.2, -0.15) is 0 Å². The second-order valence-corrected chi connectivity index (χ2v) is 4.30. The first-order chi connectivity index (χ1) is 8.74. The van der Waals surface area contributed by atoms with Gasteiger partial charge < -0.3 is 15.2 Å². The van der Waals surface area contributed by atoms with E-state index < -0.39 is 0 Å². The van der Waals surface area contributed by atoms with E-state index in [1.165, 1.54) is 11.0 Å². The minimum Gasteiger partial charge on any atom is -0.464 e. The van der Waals surface area contributed by atoms with Gasteiger partial charge in [-0.25, -0.2) is 9.67 Å². The van der Waals surface area contributed by atoms with Gasteiger partial charge in [-0.1, -0.05) is 0 Å². The fourth-order valence-electron chi connectivity index (χ4n) is 1.93. The first-order valence-electron chi connectivity index (χ1n) is 6.16. The molecule has 0 aromatic carbocycles. The maximum absolute atomic E-state index is 11.4. The van der Waals surface area contributed by atoms with Crippen LogP contribution in [0.3, 0.4) is 0 Å². The summed E-state index contributed by atoms with van der Waals surface area (Å²) in [5.74, 6) is -0.173. The highest BCUT2D eigenvalue weighted by molar-refractivity contribution is 5.68. The van der Waals surface area contributed by atoms with E-state index in [-0.39, 0.29) is 18.5 Å². The quantitative estimate of drug-likeness (QED) is 0.582. The number of nitrogens with two attached hydrogens (primary N) is 1. The van der Waals surface area contributed by atoms with Crippen LogP contribution < -0.4 is 5.73 Å². The van der Waals surface area contributed by atoms with E-state index in [9.17, 15) is 4.79 Å². The predicted molar refractivity (Wildman–Crippen MR) is 63.6 cm³/mol. The molecule has 1 fully saturated rings. The topological polar surface area (TPSA) is 92.3 Å². The maximum Gasteiger partial charge on any atom is 0.327 e. The molecule has 0 saturated carbocycles. The Labute approximate surface area is 105 Å². The van der Waals surface area contributed by atoms with Crippen LogP contribution in [0.25, 0.3) is 0 Å². The Hall–Kier alpha value is -1.63. The molecule has 2 heterocycles. The highest BCUT2D eigenvalue weighted by Gasteiger charge is 2.15. The Morgan fingerprint density at radius 3 is 3.22 bits per heavy atom. The molecule has 0 radical (unpaired) electrons. The number of rotatable bonds is 6. The molecule has 1 aromatic rings. The summed E-state index contributed by atoms with van der Waals surface area (Å²) in [4.78, 5) is 15.2. The van der Waals surface area contributed by atoms with Crippen molar-refractivity contribution >= 4 is 11.9 Å². The molecular formula is C11H18N4O3. The van der Waals surface area contributed by atoms with Gasteiger partial charge in [0.15, 0.2) is 0 Å². The van der Waals surface area contributed by atoms with E-state index in [1.54, 1.807) is 0 Å². The van der Waals surface area contributed by atoms with Gasteiger partial charge >= 0.3 is 5.97 Å². The largest absolute Gasteiger partial charge is 0.464 e. The lowest BCUT2D eigenvalue weighted by Crippen LogP contribution is -2.15. The van der Waals surface area contributed by atoms with Crippen molar-refractivity contribution < 1.29 is 14.3 Å². The molecule has 7 nitrogen and oxygen atoms in total. The van der Waals surface area contributed by atoms with Crippen molar-refractivity contribution in [3.63, 3.8) is 0 Å². The number of aromatic nitrogens is 3. The van der Waals surface area contributed by atoms with Crippen LogP contribution in [0.2, 0.25) is 0 Å². The van der Waals surface area contributed by atoms with Crippen LogP contribution in [0.1, 0.15) is 25.7 Å². The van der Waals surface area contributed by atoms with Crippen LogP contribution in [-0.2, 0) is 20.8 Å². The van der Waals surface area contributed by atoms with Gasteiger partial charge in [0.05, 0.1) is 12.7 Å². The molecule has 7 heteroatoms. The van der Waals surface area contributed by atoms with E-state index in [1.807, 2.05) is 0 Å². The standard InChI is InChI=1S/C11H18N4O3/c12-11-13-8-15(14-11)7-10(16)18-6-2-4-9-3-1-5-17-9/h8-9H,1-7H2,(H2,12,14). The number of carbonyl (C=O) groups is 1. The van der Waals surface area contributed by atoms with Crippen molar-refractivity contribution in [3.05, 3.63) is 6.33 Å². The fourth-order valence-corrected chi connectivity index (χ4v) is 1.93. The van der Waals surface area contributed by atoms with Crippen LogP contribution >= 0.6 is 0 Å². The maximum atomic E-state index is 11.4. The zero-order valence-electron chi connectivity index (χ0n) is 10.2. The van der Waals surface area contributed by atoms with Gasteiger partial charge in [0.2, 0.25) is 5.95 Å². The summed E-state index contributed by atoms with van der Waals surface area (Å²) in [5.41, 5.74) is 5.34. The molecule has 1 atom stereocenters. The summed E-state index contributed by atoms with van der Waals surface area (Å²) >= 11 is 0. The van der Waals surface area contributed by atoms with Crippen molar-refractivity contribution in [2.24, 2.45) is 0 Å². The molecule has 1 aromatic heterocycles. The second-order valence-electron chi connectivity index (χ2n) is 4.30. The van der Waals surface area contributed by atoms with E-state index in [4.69, 9.17) is 15.2 Å². The minimum atomic E-state index is -0.327. The van der Waals surface area contributed by atoms with Crippen LogP contribution in [0, 0.1) is 0 Å². The summed E-state index contributed by atoms with van der Waals surface area (Å²) in [6.07, 6.45) is 5.78. The number of anilines is 1. The monoisotopic (exact) mass is 254 g/mol. The molecule has 18 heavy (non-hydrogen) atoms. The molecule has 1 saturated heterocycles. The van der Waals surface area contributed by atoms with Gasteiger partial charge in [-0.15, -0.1) is 5.10 Å². The lowest BCUT2D eigenvalue weighted by molar-refractivity contribution is -0.144. The molecule has 1 unspecified atom stereocenters. The van der Waals surface area contributed by atoms with Crippen LogP contribution in [0.4, 0.5) is 5.95 Å². The number of esters is 1. The Kier molecular flexibility index (Phi) is 4.52. The average molecular weight is 254 g/mol. The van der Waals surface area contributed by atoms with Crippen LogP contribution in [-0.4, -0.2) is 40.1 Å². The number of hydrogen-bond acceptors (Lipinski definition) is 6. The number of nitrogens with zero attached hydrogens (tertiary/aromatic N) is 3. The molecule has 100 valence electrons. The third-order valence-electron chi connectivity index (χ3n) is 2.80. The lowest BCUT2D eigenvalue weighted by Gasteiger charge is -2.09. The van der Waals surface area contributed by atoms with Crippen LogP contribution in [0.5, 0.6) is 0 Å². The van der Waals surface area contributed by atoms with Crippen LogP contribution in [0.15, 0.2) is 6.33 Å². The van der Waals surface area contributed by atoms with Gasteiger partial charge in [0, 0.05) is 6.61 Å². The Morgan fingerprint density at radius 2 is 2.56 bits per heavy atom. The number of hydrogen-bond donors (Lipinski definition) is 1. The van der Waals surface area contributed by atoms with Gasteiger partial charge in [-0.05, 0) is 25.7 Å². The highest BCUT2D eigenvalue weighted by atomic mass is 16.5. The van der Waals surface area contributed by atoms with Crippen molar-refractivity contribution in [2.75, 3.05) is 18.9 Å². The second kappa shape index (κ2) is 6.34. The summed E-state index contributed by atoms with van der Waals surface area (Å²) in [6.45, 7) is 1.32. The highest BCUT2D eigenvalue weighted by Crippen LogP contribution is 2.16. The normalized spacial score (nSPS) is 19.0. The molecule has 0 spiro atoms. The van der Waals surface area contributed by atoms with E-state index in [2.05, 4.69) is 10.1 Å². The summed E-state index contributed by atoms with van der Waals surface area (Å²) < 4.78 is 11.9. The molecule has 1 aliphatic rings. The average Bonchev–Trinajstić information content (AvgIpc) is 2.96. The first-order valence-corrected chi connectivity index (χ1v) is 6.16. The zero-order chi connectivity index (χ0) is 12.8. The molecule has 2 rings (SSSR count). The molecule has 0 aliphatic carbocycles. The van der Waals surface area contributed by atoms with E-state index >= 15 is 0 Å². The van der Waals surface area contributed by atoms with Crippen molar-refractivity contribution in [1.29, 1.82) is 0 Å². The molecular weight excluding hydrogens is 236 g/mol. The minimum absolute atomic E-state index is 0.0458. The number of ether oxygens (including phenoxy) is 2. The summed E-state index contributed by atoms with van der Waals surface area (Å²) in [7, 11) is 0. The zero-order valence-corrected chi connectivity index (χ0v) is 10.2. The number of nitrogen functional groups attached to an aromatic ring is 1. The Balaban J connectivity index is 1.57. The Morgan fingerprint density at radius 1 is 1.67 bits per heavy atom. The smallest absolute Gasteiger partial charge is 0.327 e. The molecule has 0 amide bonds. The van der Waals surface area contributed by atoms with Gasteiger partial charge in [0.25, 0.3) is 0 Å². The van der Waals surface area contributed by atoms with Crippen molar-refractivity contribution in [2.45, 2.75) is 38.3 Å². The SMILES string of the molecule is Nc1ncn(CC(=O)OCCCC2CCCO2)n1. The third kappa shape index (κ3) is 3.99. The first kappa shape index (κ1) is 12.8. The van der Waals surface area contributed by atoms with Gasteiger partial charge in [0.1, 0.15) is 12.9 Å². The number of carbonyl (C=O) groups excluding carboxylic acids is 1. The van der Waals surface area contributed by atoms with Gasteiger partial charge in [-0.3, -0.25) is 4.79 Å². The molecule has 0 bridgehead atoms. The predicted octanol–water partition coefficient (Wildman–Crippen LogP) is 0.363. The van der Waals surface area contributed by atoms with Crippen molar-refractivity contribution in [1.82, 2.24) is 14.8 Å². The van der Waals surface area contributed by atoms with E-state index in [0.717, 1.165) is 32.3 Å². The third-order valence-corrected chi connectivity index (χ3v) is 2.80. The summed E-state index contributed by atoms with van der Waals surface area (Å²) in [6, 6.07) is 0.